The molecule has 0 aliphatic heterocycles. The summed E-state index contributed by atoms with van der Waals surface area (Å²) in [5.41, 5.74) is 0.796. The van der Waals surface area contributed by atoms with Crippen LogP contribution in [0.4, 0.5) is 11.6 Å². The highest BCUT2D eigenvalue weighted by Gasteiger charge is 2.30. The van der Waals surface area contributed by atoms with Gasteiger partial charge in [0, 0.05) is 25.7 Å². The first-order chi connectivity index (χ1) is 9.95. The Labute approximate surface area is 123 Å². The van der Waals surface area contributed by atoms with Crippen molar-refractivity contribution in [3.05, 3.63) is 30.2 Å². The maximum absolute atomic E-state index is 12.3. The summed E-state index contributed by atoms with van der Waals surface area (Å²) in [6.07, 6.45) is 2.03. The second-order valence-electron chi connectivity index (χ2n) is 5.23. The Morgan fingerprint density at radius 2 is 2.10 bits per heavy atom. The molecule has 112 valence electrons. The third-order valence-corrected chi connectivity index (χ3v) is 4.56. The highest BCUT2D eigenvalue weighted by Crippen LogP contribution is 2.39. The Kier molecular flexibility index (Phi) is 3.32. The van der Waals surface area contributed by atoms with E-state index >= 15 is 0 Å². The number of anilines is 2. The van der Waals surface area contributed by atoms with Crippen molar-refractivity contribution in [2.24, 2.45) is 0 Å². The smallest absolute Gasteiger partial charge is 0.277 e. The second-order valence-corrected chi connectivity index (χ2v) is 6.91. The molecular formula is C13H16N4O3S. The molecule has 0 bridgehead atoms. The van der Waals surface area contributed by atoms with Crippen LogP contribution in [-0.2, 0) is 10.0 Å². The highest BCUT2D eigenvalue weighted by atomic mass is 32.2. The molecule has 0 atom stereocenters. The largest absolute Gasteiger partial charge is 0.378 e. The lowest BCUT2D eigenvalue weighted by Crippen LogP contribution is -2.15. The van der Waals surface area contributed by atoms with E-state index in [-0.39, 0.29) is 16.8 Å². The Morgan fingerprint density at radius 3 is 2.76 bits per heavy atom. The van der Waals surface area contributed by atoms with Crippen molar-refractivity contribution in [2.75, 3.05) is 23.7 Å². The van der Waals surface area contributed by atoms with Crippen LogP contribution >= 0.6 is 0 Å². The van der Waals surface area contributed by atoms with E-state index < -0.39 is 10.0 Å². The van der Waals surface area contributed by atoms with Gasteiger partial charge in [0.25, 0.3) is 16.0 Å². The number of hydrogen-bond donors (Lipinski definition) is 1. The summed E-state index contributed by atoms with van der Waals surface area (Å²) in [6.45, 7) is 0. The van der Waals surface area contributed by atoms with E-state index in [1.807, 2.05) is 25.1 Å². The van der Waals surface area contributed by atoms with Crippen LogP contribution in [-0.4, -0.2) is 32.7 Å². The van der Waals surface area contributed by atoms with Crippen molar-refractivity contribution < 1.29 is 12.9 Å². The van der Waals surface area contributed by atoms with Gasteiger partial charge >= 0.3 is 0 Å². The molecule has 0 amide bonds. The summed E-state index contributed by atoms with van der Waals surface area (Å²) in [5.74, 6) is 0.759. The zero-order valence-electron chi connectivity index (χ0n) is 11.8. The van der Waals surface area contributed by atoms with Crippen LogP contribution in [0.25, 0.3) is 0 Å². The van der Waals surface area contributed by atoms with E-state index in [0.29, 0.717) is 5.89 Å². The number of nitrogens with one attached hydrogen (secondary N) is 1. The first-order valence-corrected chi connectivity index (χ1v) is 8.08. The molecule has 1 N–H and O–H groups in total. The summed E-state index contributed by atoms with van der Waals surface area (Å²) in [4.78, 5) is 6.05. The lowest BCUT2D eigenvalue weighted by molar-refractivity contribution is 0.380. The molecule has 1 aromatic heterocycles. The summed E-state index contributed by atoms with van der Waals surface area (Å²) in [6, 6.07) is 6.63. The topological polar surface area (TPSA) is 88.3 Å². The van der Waals surface area contributed by atoms with Crippen molar-refractivity contribution in [3.8, 4) is 0 Å². The van der Waals surface area contributed by atoms with Gasteiger partial charge in [-0.15, -0.1) is 0 Å². The molecule has 1 aliphatic carbocycles. The maximum Gasteiger partial charge on any atom is 0.277 e. The quantitative estimate of drug-likeness (QED) is 0.906. The van der Waals surface area contributed by atoms with E-state index in [1.165, 1.54) is 6.07 Å². The van der Waals surface area contributed by atoms with Gasteiger partial charge in [-0.1, -0.05) is 6.07 Å². The second kappa shape index (κ2) is 5.03. The van der Waals surface area contributed by atoms with Crippen molar-refractivity contribution in [3.63, 3.8) is 0 Å². The van der Waals surface area contributed by atoms with Gasteiger partial charge in [-0.25, -0.2) is 13.1 Å². The zero-order chi connectivity index (χ0) is 15.0. The van der Waals surface area contributed by atoms with Gasteiger partial charge in [-0.05, 0) is 36.2 Å². The summed E-state index contributed by atoms with van der Waals surface area (Å²) < 4.78 is 32.0. The Balaban J connectivity index is 1.83. The van der Waals surface area contributed by atoms with Crippen LogP contribution in [0, 0.1) is 0 Å². The molecular weight excluding hydrogens is 292 g/mol. The maximum atomic E-state index is 12.3. The van der Waals surface area contributed by atoms with Crippen LogP contribution in [0.2, 0.25) is 0 Å². The predicted molar refractivity (Wildman–Crippen MR) is 77.9 cm³/mol. The molecule has 3 rings (SSSR count). The first-order valence-electron chi connectivity index (χ1n) is 6.59. The number of rotatable bonds is 5. The molecule has 8 heteroatoms. The van der Waals surface area contributed by atoms with E-state index in [2.05, 4.69) is 14.9 Å². The number of aromatic nitrogens is 2. The number of benzene rings is 1. The van der Waals surface area contributed by atoms with Gasteiger partial charge in [0.15, 0.2) is 0 Å². The molecule has 1 heterocycles. The summed E-state index contributed by atoms with van der Waals surface area (Å²) in [7, 11) is -0.0280. The van der Waals surface area contributed by atoms with Crippen LogP contribution in [0.1, 0.15) is 24.7 Å². The van der Waals surface area contributed by atoms with Gasteiger partial charge in [-0.3, -0.25) is 0 Å². The summed E-state index contributed by atoms with van der Waals surface area (Å²) in [5, 5.41) is 3.66. The molecule has 1 aliphatic rings. The molecule has 2 aromatic rings. The third kappa shape index (κ3) is 2.99. The molecule has 0 radical (unpaired) electrons. The van der Waals surface area contributed by atoms with Crippen LogP contribution in [0.3, 0.4) is 0 Å². The number of sulfonamides is 1. The van der Waals surface area contributed by atoms with Crippen LogP contribution < -0.4 is 9.62 Å². The fourth-order valence-corrected chi connectivity index (χ4v) is 2.86. The third-order valence-electron chi connectivity index (χ3n) is 3.24. The monoisotopic (exact) mass is 308 g/mol. The zero-order valence-corrected chi connectivity index (χ0v) is 12.6. The van der Waals surface area contributed by atoms with Gasteiger partial charge in [0.2, 0.25) is 5.89 Å². The molecule has 1 fully saturated rings. The normalized spacial score (nSPS) is 15.0. The fourth-order valence-electron chi connectivity index (χ4n) is 1.88. The van der Waals surface area contributed by atoms with Crippen molar-refractivity contribution in [2.45, 2.75) is 23.7 Å². The average Bonchev–Trinajstić information content (AvgIpc) is 3.20. The van der Waals surface area contributed by atoms with Crippen molar-refractivity contribution >= 4 is 21.7 Å². The van der Waals surface area contributed by atoms with Crippen LogP contribution in [0.15, 0.2) is 33.7 Å². The minimum Gasteiger partial charge on any atom is -0.378 e. The van der Waals surface area contributed by atoms with E-state index in [9.17, 15) is 8.42 Å². The highest BCUT2D eigenvalue weighted by molar-refractivity contribution is 7.92. The van der Waals surface area contributed by atoms with Crippen LogP contribution in [0.5, 0.6) is 0 Å². The van der Waals surface area contributed by atoms with E-state index in [4.69, 9.17) is 4.52 Å². The minimum absolute atomic E-state index is 0.0212. The first kappa shape index (κ1) is 13.9. The van der Waals surface area contributed by atoms with E-state index in [0.717, 1.165) is 18.5 Å². The fraction of sp³-hybridized carbons (Fsp3) is 0.385. The van der Waals surface area contributed by atoms with Gasteiger partial charge in [0.1, 0.15) is 0 Å². The molecule has 0 saturated heterocycles. The average molecular weight is 308 g/mol. The molecule has 0 spiro atoms. The molecule has 21 heavy (non-hydrogen) atoms. The number of nitrogens with zero attached hydrogens (tertiary/aromatic N) is 3. The SMILES string of the molecule is CN(C)c1cccc(S(=O)(=O)Nc2noc(C3CC3)n2)c1. The Bertz CT molecular complexity index is 750. The lowest BCUT2D eigenvalue weighted by Gasteiger charge is -2.13. The van der Waals surface area contributed by atoms with Gasteiger partial charge in [0.05, 0.1) is 4.90 Å². The molecule has 0 unspecified atom stereocenters. The van der Waals surface area contributed by atoms with Gasteiger partial charge in [-0.2, -0.15) is 4.98 Å². The standard InChI is InChI=1S/C13H16N4O3S/c1-17(2)10-4-3-5-11(8-10)21(18,19)16-13-14-12(20-15-13)9-6-7-9/h3-5,8-9H,6-7H2,1-2H3,(H,15,16). The summed E-state index contributed by atoms with van der Waals surface area (Å²) >= 11 is 0. The predicted octanol–water partition coefficient (Wildman–Crippen LogP) is 1.81. The van der Waals surface area contributed by atoms with E-state index in [1.54, 1.807) is 12.1 Å². The minimum atomic E-state index is -3.72. The number of hydrogen-bond acceptors (Lipinski definition) is 6. The van der Waals surface area contributed by atoms with Crippen molar-refractivity contribution in [1.29, 1.82) is 0 Å². The lowest BCUT2D eigenvalue weighted by atomic mass is 10.3. The molecule has 1 aromatic carbocycles. The Hall–Kier alpha value is -2.09. The Morgan fingerprint density at radius 1 is 1.33 bits per heavy atom. The van der Waals surface area contributed by atoms with Gasteiger partial charge < -0.3 is 9.42 Å². The van der Waals surface area contributed by atoms with Crippen molar-refractivity contribution in [1.82, 2.24) is 10.1 Å². The molecule has 1 saturated carbocycles. The molecule has 7 nitrogen and oxygen atoms in total.